The standard InChI is InChI=1S/C15H23N3O3/c1-6-15(2)14(19)13(18(3)4)9-7-10(16)11(17-20-5)8-12(9)21-15/h7-8,13-14,16,19H,6H2,1-5H3/b16-10?,17-11-/t13-,14+,15?/m1/s1. The Morgan fingerprint density at radius 3 is 2.67 bits per heavy atom. The molecule has 0 aromatic carbocycles. The molecule has 0 bridgehead atoms. The smallest absolute Gasteiger partial charge is 0.134 e. The number of likely N-dealkylation sites (N-methyl/N-ethyl adjacent to an activating group) is 1. The van der Waals surface area contributed by atoms with Gasteiger partial charge in [-0.05, 0) is 33.5 Å². The Morgan fingerprint density at radius 2 is 2.14 bits per heavy atom. The van der Waals surface area contributed by atoms with Gasteiger partial charge in [-0.25, -0.2) is 0 Å². The third-order valence-corrected chi connectivity index (χ3v) is 4.16. The minimum Gasteiger partial charge on any atom is -0.484 e. The topological polar surface area (TPSA) is 78.1 Å². The Bertz CT molecular complexity index is 536. The van der Waals surface area contributed by atoms with Gasteiger partial charge in [0.1, 0.15) is 30.3 Å². The van der Waals surface area contributed by atoms with Crippen molar-refractivity contribution in [2.45, 2.75) is 38.0 Å². The zero-order valence-corrected chi connectivity index (χ0v) is 13.2. The van der Waals surface area contributed by atoms with Crippen molar-refractivity contribution in [2.24, 2.45) is 5.16 Å². The number of aliphatic hydroxyl groups excluding tert-OH is 1. The third-order valence-electron chi connectivity index (χ3n) is 4.16. The average molecular weight is 293 g/mol. The van der Waals surface area contributed by atoms with Crippen LogP contribution < -0.4 is 0 Å². The van der Waals surface area contributed by atoms with Crippen LogP contribution in [0.5, 0.6) is 0 Å². The lowest BCUT2D eigenvalue weighted by molar-refractivity contribution is -0.123. The zero-order chi connectivity index (χ0) is 15.8. The Kier molecular flexibility index (Phi) is 4.20. The summed E-state index contributed by atoms with van der Waals surface area (Å²) >= 11 is 0. The number of nitrogens with zero attached hydrogens (tertiary/aromatic N) is 2. The maximum absolute atomic E-state index is 10.7. The molecule has 0 spiro atoms. The summed E-state index contributed by atoms with van der Waals surface area (Å²) in [5.41, 5.74) is 0.802. The first-order valence-electron chi connectivity index (χ1n) is 7.01. The molecule has 0 amide bonds. The van der Waals surface area contributed by atoms with Crippen LogP contribution in [0.2, 0.25) is 0 Å². The van der Waals surface area contributed by atoms with Crippen LogP contribution in [0, 0.1) is 5.41 Å². The monoisotopic (exact) mass is 293 g/mol. The molecule has 1 aliphatic heterocycles. The molecule has 0 aromatic heterocycles. The van der Waals surface area contributed by atoms with E-state index >= 15 is 0 Å². The lowest BCUT2D eigenvalue weighted by Gasteiger charge is -2.48. The van der Waals surface area contributed by atoms with E-state index in [1.165, 1.54) is 7.11 Å². The number of ether oxygens (including phenoxy) is 1. The number of allylic oxidation sites excluding steroid dienone is 2. The summed E-state index contributed by atoms with van der Waals surface area (Å²) in [7, 11) is 5.27. The van der Waals surface area contributed by atoms with E-state index in [4.69, 9.17) is 15.0 Å². The van der Waals surface area contributed by atoms with E-state index in [1.807, 2.05) is 32.8 Å². The predicted octanol–water partition coefficient (Wildman–Crippen LogP) is 1.32. The second-order valence-electron chi connectivity index (χ2n) is 5.80. The number of hydrogen-bond donors (Lipinski definition) is 2. The van der Waals surface area contributed by atoms with Gasteiger partial charge in [0.05, 0.1) is 11.8 Å². The van der Waals surface area contributed by atoms with E-state index in [2.05, 4.69) is 5.16 Å². The van der Waals surface area contributed by atoms with Crippen LogP contribution in [0.1, 0.15) is 20.3 Å². The van der Waals surface area contributed by atoms with E-state index in [-0.39, 0.29) is 11.8 Å². The Labute approximate surface area is 125 Å². The van der Waals surface area contributed by atoms with Crippen LogP contribution in [0.25, 0.3) is 0 Å². The second-order valence-corrected chi connectivity index (χ2v) is 5.80. The van der Waals surface area contributed by atoms with Crippen LogP contribution in [0.4, 0.5) is 0 Å². The van der Waals surface area contributed by atoms with E-state index in [1.54, 1.807) is 12.2 Å². The van der Waals surface area contributed by atoms with Gasteiger partial charge in [0.25, 0.3) is 0 Å². The molecule has 1 saturated heterocycles. The molecule has 1 unspecified atom stereocenters. The molecule has 1 fully saturated rings. The van der Waals surface area contributed by atoms with Crippen molar-refractivity contribution in [1.82, 2.24) is 4.90 Å². The molecule has 116 valence electrons. The molecular weight excluding hydrogens is 270 g/mol. The van der Waals surface area contributed by atoms with Crippen molar-refractivity contribution in [1.29, 1.82) is 5.41 Å². The first-order chi connectivity index (χ1) is 9.84. The largest absolute Gasteiger partial charge is 0.484 e. The quantitative estimate of drug-likeness (QED) is 0.608. The number of rotatable bonds is 3. The highest BCUT2D eigenvalue weighted by atomic mass is 16.6. The third kappa shape index (κ3) is 2.61. The molecule has 1 aliphatic carbocycles. The van der Waals surface area contributed by atoms with Gasteiger partial charge < -0.3 is 14.7 Å². The molecule has 3 atom stereocenters. The first-order valence-corrected chi connectivity index (χ1v) is 7.01. The maximum Gasteiger partial charge on any atom is 0.134 e. The minimum absolute atomic E-state index is 0.223. The van der Waals surface area contributed by atoms with Gasteiger partial charge >= 0.3 is 0 Å². The molecule has 0 saturated carbocycles. The fourth-order valence-corrected chi connectivity index (χ4v) is 2.74. The highest BCUT2D eigenvalue weighted by Crippen LogP contribution is 2.40. The number of hydrogen-bond acceptors (Lipinski definition) is 6. The summed E-state index contributed by atoms with van der Waals surface area (Å²) in [4.78, 5) is 6.71. The van der Waals surface area contributed by atoms with Gasteiger partial charge in [0.2, 0.25) is 0 Å². The molecule has 0 radical (unpaired) electrons. The van der Waals surface area contributed by atoms with Crippen LogP contribution >= 0.6 is 0 Å². The van der Waals surface area contributed by atoms with Crippen LogP contribution in [-0.4, -0.2) is 60.4 Å². The van der Waals surface area contributed by atoms with Crippen molar-refractivity contribution >= 4 is 11.4 Å². The predicted molar refractivity (Wildman–Crippen MR) is 81.6 cm³/mol. The van der Waals surface area contributed by atoms with E-state index in [0.29, 0.717) is 17.9 Å². The molecule has 2 rings (SSSR count). The lowest BCUT2D eigenvalue weighted by atomic mass is 9.80. The molecular formula is C15H23N3O3. The number of fused-ring (bicyclic) bond motifs is 1. The van der Waals surface area contributed by atoms with Crippen molar-refractivity contribution in [3.8, 4) is 0 Å². The molecule has 6 heteroatoms. The average Bonchev–Trinajstić information content (AvgIpc) is 2.42. The maximum atomic E-state index is 10.7. The summed E-state index contributed by atoms with van der Waals surface area (Å²) < 4.78 is 6.03. The molecule has 2 N–H and O–H groups in total. The number of nitrogens with one attached hydrogen (secondary N) is 1. The fourth-order valence-electron chi connectivity index (χ4n) is 2.74. The van der Waals surface area contributed by atoms with Crippen LogP contribution in [0.15, 0.2) is 28.6 Å². The minimum atomic E-state index is -0.672. The van der Waals surface area contributed by atoms with Crippen molar-refractivity contribution in [3.05, 3.63) is 23.5 Å². The lowest BCUT2D eigenvalue weighted by Crippen LogP contribution is -2.58. The second kappa shape index (κ2) is 5.61. The summed E-state index contributed by atoms with van der Waals surface area (Å²) in [5, 5.41) is 22.6. The van der Waals surface area contributed by atoms with Crippen molar-refractivity contribution in [3.63, 3.8) is 0 Å². The van der Waals surface area contributed by atoms with E-state index < -0.39 is 11.7 Å². The van der Waals surface area contributed by atoms with Gasteiger partial charge in [-0.3, -0.25) is 10.3 Å². The summed E-state index contributed by atoms with van der Waals surface area (Å²) in [5.74, 6) is 0.648. The summed E-state index contributed by atoms with van der Waals surface area (Å²) in [6.45, 7) is 3.89. The van der Waals surface area contributed by atoms with Gasteiger partial charge in [-0.15, -0.1) is 0 Å². The highest BCUT2D eigenvalue weighted by Gasteiger charge is 2.48. The first kappa shape index (κ1) is 15.7. The van der Waals surface area contributed by atoms with E-state index in [0.717, 1.165) is 5.57 Å². The van der Waals surface area contributed by atoms with Crippen molar-refractivity contribution < 1.29 is 14.7 Å². The SMILES string of the molecule is CCC1(C)OC2=C/C(=N/OC)C(=N)C=C2[C@@H](N(C)C)[C@@H]1O. The molecule has 2 aliphatic rings. The number of aliphatic hydroxyl groups is 1. The fraction of sp³-hybridized carbons (Fsp3) is 0.600. The van der Waals surface area contributed by atoms with E-state index in [9.17, 15) is 5.11 Å². The summed E-state index contributed by atoms with van der Waals surface area (Å²) in [6.07, 6.45) is 3.40. The Morgan fingerprint density at radius 1 is 1.48 bits per heavy atom. The summed E-state index contributed by atoms with van der Waals surface area (Å²) in [6, 6.07) is -0.223. The molecule has 21 heavy (non-hydrogen) atoms. The van der Waals surface area contributed by atoms with Gasteiger partial charge in [0, 0.05) is 11.6 Å². The Hall–Kier alpha value is -1.66. The highest BCUT2D eigenvalue weighted by molar-refractivity contribution is 6.50. The molecule has 0 aromatic rings. The molecule has 1 heterocycles. The normalized spacial score (nSPS) is 34.2. The van der Waals surface area contributed by atoms with Crippen molar-refractivity contribution in [2.75, 3.05) is 21.2 Å². The molecule has 6 nitrogen and oxygen atoms in total. The van der Waals surface area contributed by atoms with Gasteiger partial charge in [-0.2, -0.15) is 0 Å². The Balaban J connectivity index is 2.51. The number of oxime groups is 1. The van der Waals surface area contributed by atoms with Crippen LogP contribution in [0.3, 0.4) is 0 Å². The van der Waals surface area contributed by atoms with Crippen LogP contribution in [-0.2, 0) is 9.57 Å². The van der Waals surface area contributed by atoms with Gasteiger partial charge in [-0.1, -0.05) is 12.1 Å². The zero-order valence-electron chi connectivity index (χ0n) is 13.2. The van der Waals surface area contributed by atoms with Gasteiger partial charge in [0.15, 0.2) is 0 Å².